The largest absolute Gasteiger partial charge is 0.384 e. The highest BCUT2D eigenvalue weighted by Gasteiger charge is 2.39. The summed E-state index contributed by atoms with van der Waals surface area (Å²) in [6.07, 6.45) is 1.64. The summed E-state index contributed by atoms with van der Waals surface area (Å²) in [4.78, 5) is 12.5. The number of nitrogens with one attached hydrogen (secondary N) is 2. The van der Waals surface area contributed by atoms with Crippen LogP contribution >= 0.6 is 12.4 Å². The molecule has 1 aliphatic heterocycles. The van der Waals surface area contributed by atoms with Crippen LogP contribution in [0.4, 0.5) is 5.69 Å². The minimum Gasteiger partial charge on any atom is -0.384 e. The Hall–Kier alpha value is -1.10. The summed E-state index contributed by atoms with van der Waals surface area (Å²) in [6, 6.07) is 7.88. The van der Waals surface area contributed by atoms with Gasteiger partial charge in [-0.15, -0.1) is 12.4 Å². The Kier molecular flexibility index (Phi) is 6.46. The summed E-state index contributed by atoms with van der Waals surface area (Å²) in [5, 5.41) is 6.31. The van der Waals surface area contributed by atoms with Gasteiger partial charge in [-0.05, 0) is 45.0 Å². The average Bonchev–Trinajstić information content (AvgIpc) is 2.43. The maximum Gasteiger partial charge on any atom is 0.233 e. The van der Waals surface area contributed by atoms with Crippen molar-refractivity contribution >= 4 is 24.0 Å². The van der Waals surface area contributed by atoms with E-state index < -0.39 is 5.41 Å². The Balaban J connectivity index is 0.00000200. The number of anilines is 1. The smallest absolute Gasteiger partial charge is 0.233 e. The monoisotopic (exact) mass is 298 g/mol. The van der Waals surface area contributed by atoms with Crippen molar-refractivity contribution in [2.24, 2.45) is 5.41 Å². The number of piperidine rings is 1. The maximum absolute atomic E-state index is 12.5. The molecule has 0 aromatic heterocycles. The van der Waals surface area contributed by atoms with E-state index in [-0.39, 0.29) is 18.3 Å². The van der Waals surface area contributed by atoms with Crippen molar-refractivity contribution in [2.75, 3.05) is 32.1 Å². The SMILES string of the molecule is COCC1(C(=O)Nc2ccc(C)cc2)CCNCC1.Cl. The van der Waals surface area contributed by atoms with Crippen LogP contribution in [0.5, 0.6) is 0 Å². The number of carbonyl (C=O) groups excluding carboxylic acids is 1. The number of ether oxygens (including phenoxy) is 1. The highest BCUT2D eigenvalue weighted by atomic mass is 35.5. The molecule has 0 spiro atoms. The number of aryl methyl sites for hydroxylation is 1. The van der Waals surface area contributed by atoms with Gasteiger partial charge < -0.3 is 15.4 Å². The Morgan fingerprint density at radius 3 is 2.45 bits per heavy atom. The van der Waals surface area contributed by atoms with Gasteiger partial charge in [-0.25, -0.2) is 0 Å². The number of amides is 1. The lowest BCUT2D eigenvalue weighted by molar-refractivity contribution is -0.130. The molecule has 2 N–H and O–H groups in total. The van der Waals surface area contributed by atoms with Crippen LogP contribution in [0.15, 0.2) is 24.3 Å². The third-order valence-corrected chi connectivity index (χ3v) is 3.77. The molecule has 0 bridgehead atoms. The first-order chi connectivity index (χ1) is 9.16. The maximum atomic E-state index is 12.5. The van der Waals surface area contributed by atoms with Crippen molar-refractivity contribution in [1.82, 2.24) is 5.32 Å². The zero-order valence-corrected chi connectivity index (χ0v) is 12.9. The summed E-state index contributed by atoms with van der Waals surface area (Å²) < 4.78 is 5.27. The van der Waals surface area contributed by atoms with Gasteiger partial charge in [-0.2, -0.15) is 0 Å². The summed E-state index contributed by atoms with van der Waals surface area (Å²) >= 11 is 0. The van der Waals surface area contributed by atoms with Crippen molar-refractivity contribution in [3.8, 4) is 0 Å². The molecule has 2 rings (SSSR count). The van der Waals surface area contributed by atoms with Gasteiger partial charge in [0.1, 0.15) is 0 Å². The molecule has 5 heteroatoms. The van der Waals surface area contributed by atoms with Gasteiger partial charge in [-0.3, -0.25) is 4.79 Å². The fourth-order valence-corrected chi connectivity index (χ4v) is 2.52. The number of hydrogen-bond acceptors (Lipinski definition) is 3. The van der Waals surface area contributed by atoms with E-state index in [0.29, 0.717) is 6.61 Å². The lowest BCUT2D eigenvalue weighted by atomic mass is 9.78. The normalized spacial score (nSPS) is 17.1. The van der Waals surface area contributed by atoms with Gasteiger partial charge >= 0.3 is 0 Å². The minimum absolute atomic E-state index is 0. The average molecular weight is 299 g/mol. The third-order valence-electron chi connectivity index (χ3n) is 3.77. The van der Waals surface area contributed by atoms with Crippen LogP contribution in [-0.4, -0.2) is 32.7 Å². The number of benzene rings is 1. The highest BCUT2D eigenvalue weighted by molar-refractivity contribution is 5.95. The van der Waals surface area contributed by atoms with E-state index in [1.165, 1.54) is 5.56 Å². The second-order valence-electron chi connectivity index (χ2n) is 5.28. The third kappa shape index (κ3) is 3.95. The van der Waals surface area contributed by atoms with E-state index in [4.69, 9.17) is 4.74 Å². The number of halogens is 1. The van der Waals surface area contributed by atoms with Gasteiger partial charge in [0, 0.05) is 12.8 Å². The minimum atomic E-state index is -0.398. The van der Waals surface area contributed by atoms with Gasteiger partial charge in [0.05, 0.1) is 12.0 Å². The van der Waals surface area contributed by atoms with Crippen molar-refractivity contribution in [2.45, 2.75) is 19.8 Å². The van der Waals surface area contributed by atoms with Crippen molar-refractivity contribution in [1.29, 1.82) is 0 Å². The first-order valence-corrected chi connectivity index (χ1v) is 6.74. The second-order valence-corrected chi connectivity index (χ2v) is 5.28. The molecule has 0 atom stereocenters. The summed E-state index contributed by atoms with van der Waals surface area (Å²) in [5.74, 6) is 0.0692. The zero-order chi connectivity index (χ0) is 13.7. The molecule has 1 saturated heterocycles. The van der Waals surface area contributed by atoms with Gasteiger partial charge in [-0.1, -0.05) is 17.7 Å². The molecule has 112 valence electrons. The predicted octanol–water partition coefficient (Wildman–Crippen LogP) is 2.37. The van der Waals surface area contributed by atoms with Crippen molar-refractivity contribution in [3.63, 3.8) is 0 Å². The predicted molar refractivity (Wildman–Crippen MR) is 83.5 cm³/mol. The van der Waals surface area contributed by atoms with Crippen LogP contribution in [0.3, 0.4) is 0 Å². The van der Waals surface area contributed by atoms with Gasteiger partial charge in [0.15, 0.2) is 0 Å². The van der Waals surface area contributed by atoms with Crippen LogP contribution < -0.4 is 10.6 Å². The van der Waals surface area contributed by atoms with Crippen LogP contribution in [0.1, 0.15) is 18.4 Å². The molecule has 0 saturated carbocycles. The molecule has 4 nitrogen and oxygen atoms in total. The fourth-order valence-electron chi connectivity index (χ4n) is 2.52. The van der Waals surface area contributed by atoms with Crippen molar-refractivity contribution < 1.29 is 9.53 Å². The van der Waals surface area contributed by atoms with E-state index in [1.54, 1.807) is 7.11 Å². The highest BCUT2D eigenvalue weighted by Crippen LogP contribution is 2.30. The molecule has 1 aliphatic rings. The Morgan fingerprint density at radius 1 is 1.30 bits per heavy atom. The van der Waals surface area contributed by atoms with E-state index in [9.17, 15) is 4.79 Å². The molecule has 0 radical (unpaired) electrons. The van der Waals surface area contributed by atoms with E-state index in [0.717, 1.165) is 31.6 Å². The first kappa shape index (κ1) is 17.0. The van der Waals surface area contributed by atoms with Gasteiger partial charge in [0.2, 0.25) is 5.91 Å². The van der Waals surface area contributed by atoms with E-state index in [1.807, 2.05) is 31.2 Å². The molecule has 1 heterocycles. The molecule has 1 amide bonds. The topological polar surface area (TPSA) is 50.4 Å². The molecule has 20 heavy (non-hydrogen) atoms. The zero-order valence-electron chi connectivity index (χ0n) is 12.1. The fraction of sp³-hybridized carbons (Fsp3) is 0.533. The van der Waals surface area contributed by atoms with Crippen LogP contribution in [0.25, 0.3) is 0 Å². The summed E-state index contributed by atoms with van der Waals surface area (Å²) in [5.41, 5.74) is 1.64. The van der Waals surface area contributed by atoms with Crippen molar-refractivity contribution in [3.05, 3.63) is 29.8 Å². The van der Waals surface area contributed by atoms with Crippen LogP contribution in [0, 0.1) is 12.3 Å². The second kappa shape index (κ2) is 7.62. The molecule has 0 aliphatic carbocycles. The molecule has 1 fully saturated rings. The van der Waals surface area contributed by atoms with Crippen LogP contribution in [-0.2, 0) is 9.53 Å². The summed E-state index contributed by atoms with van der Waals surface area (Å²) in [7, 11) is 1.66. The molecular weight excluding hydrogens is 276 g/mol. The number of methoxy groups -OCH3 is 1. The van der Waals surface area contributed by atoms with E-state index >= 15 is 0 Å². The number of rotatable bonds is 4. The molecule has 1 aromatic carbocycles. The molecule has 0 unspecified atom stereocenters. The standard InChI is InChI=1S/C15H22N2O2.ClH/c1-12-3-5-13(6-4-12)17-14(18)15(11-19-2)7-9-16-10-8-15;/h3-6,16H,7-11H2,1-2H3,(H,17,18);1H. The van der Waals surface area contributed by atoms with Gasteiger partial charge in [0.25, 0.3) is 0 Å². The lowest BCUT2D eigenvalue weighted by Crippen LogP contribution is -2.47. The Morgan fingerprint density at radius 2 is 1.90 bits per heavy atom. The molecule has 1 aromatic rings. The number of hydrogen-bond donors (Lipinski definition) is 2. The van der Waals surface area contributed by atoms with E-state index in [2.05, 4.69) is 10.6 Å². The first-order valence-electron chi connectivity index (χ1n) is 6.74. The quantitative estimate of drug-likeness (QED) is 0.897. The number of carbonyl (C=O) groups is 1. The van der Waals surface area contributed by atoms with Crippen LogP contribution in [0.2, 0.25) is 0 Å². The Labute approximate surface area is 126 Å². The Bertz CT molecular complexity index is 422. The molecular formula is C15H23ClN2O2. The lowest BCUT2D eigenvalue weighted by Gasteiger charge is -2.35. The summed E-state index contributed by atoms with van der Waals surface area (Å²) in [6.45, 7) is 4.24.